The average Bonchev–Trinajstić information content (AvgIpc) is 2.50. The number of nitrogens with two attached hydrogens (primary N) is 1. The normalized spacial score (nSPS) is 16.6. The zero-order valence-corrected chi connectivity index (χ0v) is 8.34. The number of carbonyl (C=O) groups excluding carboxylic acids is 1. The molecule has 0 radical (unpaired) electrons. The van der Waals surface area contributed by atoms with Crippen LogP contribution in [0.5, 0.6) is 0 Å². The Hall–Kier alpha value is -1.01. The molecule has 1 aliphatic heterocycles. The Morgan fingerprint density at radius 3 is 3.07 bits per heavy atom. The number of carbonyl (C=O) groups is 1. The summed E-state index contributed by atoms with van der Waals surface area (Å²) in [6.45, 7) is 0.603. The van der Waals surface area contributed by atoms with Crippen LogP contribution in [0.25, 0.3) is 0 Å². The maximum Gasteiger partial charge on any atom is 0.270 e. The number of rotatable bonds is 4. The van der Waals surface area contributed by atoms with Crippen molar-refractivity contribution in [1.82, 2.24) is 10.5 Å². The largest absolute Gasteiger partial charge is 0.364 e. The van der Waals surface area contributed by atoms with Gasteiger partial charge in [-0.25, -0.2) is 0 Å². The zero-order chi connectivity index (χ0) is 9.97. The first kappa shape index (κ1) is 9.54. The van der Waals surface area contributed by atoms with Gasteiger partial charge in [0.2, 0.25) is 0 Å². The molecule has 2 heterocycles. The number of thioether (sulfide) groups is 1. The summed E-state index contributed by atoms with van der Waals surface area (Å²) >= 11 is 1.91. The molecule has 0 aliphatic carbocycles. The molecule has 14 heavy (non-hydrogen) atoms. The van der Waals surface area contributed by atoms with Gasteiger partial charge in [-0.15, -0.1) is 0 Å². The van der Waals surface area contributed by atoms with Gasteiger partial charge in [0.05, 0.1) is 6.54 Å². The average molecular weight is 213 g/mol. The second-order valence-electron chi connectivity index (χ2n) is 3.16. The molecule has 1 aromatic rings. The van der Waals surface area contributed by atoms with Crippen molar-refractivity contribution in [2.45, 2.75) is 12.6 Å². The van der Waals surface area contributed by atoms with E-state index in [1.807, 2.05) is 11.8 Å². The van der Waals surface area contributed by atoms with E-state index < -0.39 is 5.91 Å². The van der Waals surface area contributed by atoms with Gasteiger partial charge in [-0.1, -0.05) is 5.16 Å². The molecule has 3 N–H and O–H groups in total. The number of hydrogen-bond acceptors (Lipinski definition) is 5. The van der Waals surface area contributed by atoms with Gasteiger partial charge in [-0.2, -0.15) is 11.8 Å². The van der Waals surface area contributed by atoms with Gasteiger partial charge in [-0.3, -0.25) is 4.79 Å². The van der Waals surface area contributed by atoms with Crippen molar-refractivity contribution in [1.29, 1.82) is 0 Å². The molecule has 1 fully saturated rings. The SMILES string of the molecule is NC(=O)c1cc(CNC2CSC2)on1. The van der Waals surface area contributed by atoms with E-state index in [1.165, 1.54) is 0 Å². The summed E-state index contributed by atoms with van der Waals surface area (Å²) in [7, 11) is 0. The fourth-order valence-corrected chi connectivity index (χ4v) is 1.82. The molecule has 2 rings (SSSR count). The van der Waals surface area contributed by atoms with Gasteiger partial charge >= 0.3 is 0 Å². The molecule has 5 nitrogen and oxygen atoms in total. The van der Waals surface area contributed by atoms with Crippen LogP contribution in [0.15, 0.2) is 10.6 Å². The molecular formula is C8H11N3O2S. The van der Waals surface area contributed by atoms with E-state index in [0.717, 1.165) is 11.5 Å². The highest BCUT2D eigenvalue weighted by Crippen LogP contribution is 2.17. The van der Waals surface area contributed by atoms with Crippen LogP contribution in [0.3, 0.4) is 0 Å². The van der Waals surface area contributed by atoms with Crippen LogP contribution in [0.1, 0.15) is 16.2 Å². The Morgan fingerprint density at radius 1 is 1.79 bits per heavy atom. The summed E-state index contributed by atoms with van der Waals surface area (Å²) in [6.07, 6.45) is 0. The molecular weight excluding hydrogens is 202 g/mol. The van der Waals surface area contributed by atoms with Crippen LogP contribution < -0.4 is 11.1 Å². The highest BCUT2D eigenvalue weighted by atomic mass is 32.2. The van der Waals surface area contributed by atoms with Gasteiger partial charge in [0, 0.05) is 23.6 Å². The molecule has 0 aromatic carbocycles. The van der Waals surface area contributed by atoms with Crippen LogP contribution in [-0.2, 0) is 6.54 Å². The van der Waals surface area contributed by atoms with Crippen LogP contribution in [0.4, 0.5) is 0 Å². The summed E-state index contributed by atoms with van der Waals surface area (Å²) in [5.41, 5.74) is 5.22. The van der Waals surface area contributed by atoms with E-state index in [2.05, 4.69) is 10.5 Å². The Labute approximate surface area is 85.4 Å². The van der Waals surface area contributed by atoms with Gasteiger partial charge in [0.15, 0.2) is 11.5 Å². The topological polar surface area (TPSA) is 81.2 Å². The molecule has 1 amide bonds. The Balaban J connectivity index is 1.86. The van der Waals surface area contributed by atoms with Crippen molar-refractivity contribution < 1.29 is 9.32 Å². The molecule has 1 aromatic heterocycles. The lowest BCUT2D eigenvalue weighted by Crippen LogP contribution is -2.39. The van der Waals surface area contributed by atoms with Crippen molar-refractivity contribution in [3.63, 3.8) is 0 Å². The standard InChI is InChI=1S/C8H11N3O2S/c9-8(12)7-1-6(13-11-7)2-10-5-3-14-4-5/h1,5,10H,2-4H2,(H2,9,12). The lowest BCUT2D eigenvalue weighted by Gasteiger charge is -2.25. The maximum absolute atomic E-state index is 10.7. The summed E-state index contributed by atoms with van der Waals surface area (Å²) in [6, 6.07) is 2.13. The minimum atomic E-state index is -0.556. The monoisotopic (exact) mass is 213 g/mol. The fraction of sp³-hybridized carbons (Fsp3) is 0.500. The van der Waals surface area contributed by atoms with E-state index in [1.54, 1.807) is 6.07 Å². The fourth-order valence-electron chi connectivity index (χ4n) is 1.11. The van der Waals surface area contributed by atoms with Gasteiger partial charge < -0.3 is 15.6 Å². The number of primary amides is 1. The van der Waals surface area contributed by atoms with E-state index >= 15 is 0 Å². The molecule has 0 unspecified atom stereocenters. The zero-order valence-electron chi connectivity index (χ0n) is 7.53. The minimum Gasteiger partial charge on any atom is -0.364 e. The molecule has 0 spiro atoms. The van der Waals surface area contributed by atoms with Crippen molar-refractivity contribution >= 4 is 17.7 Å². The van der Waals surface area contributed by atoms with Gasteiger partial charge in [-0.05, 0) is 0 Å². The Bertz CT molecular complexity index is 335. The van der Waals surface area contributed by atoms with E-state index in [-0.39, 0.29) is 5.69 Å². The van der Waals surface area contributed by atoms with Crippen LogP contribution in [0, 0.1) is 0 Å². The predicted octanol–water partition coefficient (Wildman–Crippen LogP) is -0.0215. The third-order valence-electron chi connectivity index (χ3n) is 2.01. The summed E-state index contributed by atoms with van der Waals surface area (Å²) < 4.78 is 4.92. The molecule has 0 saturated carbocycles. The first-order chi connectivity index (χ1) is 6.75. The first-order valence-electron chi connectivity index (χ1n) is 4.32. The summed E-state index contributed by atoms with van der Waals surface area (Å²) in [5.74, 6) is 2.36. The quantitative estimate of drug-likeness (QED) is 0.734. The van der Waals surface area contributed by atoms with Crippen LogP contribution >= 0.6 is 11.8 Å². The lowest BCUT2D eigenvalue weighted by molar-refractivity contribution is 0.0991. The number of nitrogens with one attached hydrogen (secondary N) is 1. The number of aromatic nitrogens is 1. The lowest BCUT2D eigenvalue weighted by atomic mass is 10.3. The summed E-state index contributed by atoms with van der Waals surface area (Å²) in [4.78, 5) is 10.7. The Kier molecular flexibility index (Phi) is 2.74. The predicted molar refractivity (Wildman–Crippen MR) is 53.0 cm³/mol. The van der Waals surface area contributed by atoms with Crippen molar-refractivity contribution in [3.8, 4) is 0 Å². The van der Waals surface area contributed by atoms with Gasteiger partial charge in [0.1, 0.15) is 0 Å². The molecule has 1 saturated heterocycles. The molecule has 0 bridgehead atoms. The van der Waals surface area contributed by atoms with E-state index in [9.17, 15) is 4.79 Å². The molecule has 6 heteroatoms. The van der Waals surface area contributed by atoms with Crippen LogP contribution in [0.2, 0.25) is 0 Å². The third-order valence-corrected chi connectivity index (χ3v) is 3.29. The van der Waals surface area contributed by atoms with Crippen LogP contribution in [-0.4, -0.2) is 28.6 Å². The van der Waals surface area contributed by atoms with E-state index in [0.29, 0.717) is 18.3 Å². The Morgan fingerprint density at radius 2 is 2.57 bits per heavy atom. The van der Waals surface area contributed by atoms with Crippen molar-refractivity contribution in [2.24, 2.45) is 5.73 Å². The second kappa shape index (κ2) is 4.02. The third kappa shape index (κ3) is 2.08. The molecule has 0 atom stereocenters. The highest BCUT2D eigenvalue weighted by Gasteiger charge is 2.18. The van der Waals surface area contributed by atoms with Crippen molar-refractivity contribution in [2.75, 3.05) is 11.5 Å². The maximum atomic E-state index is 10.7. The number of nitrogens with zero attached hydrogens (tertiary/aromatic N) is 1. The number of amides is 1. The highest BCUT2D eigenvalue weighted by molar-refractivity contribution is 8.00. The second-order valence-corrected chi connectivity index (χ2v) is 4.23. The molecule has 1 aliphatic rings. The minimum absolute atomic E-state index is 0.185. The van der Waals surface area contributed by atoms with E-state index in [4.69, 9.17) is 10.3 Å². The summed E-state index contributed by atoms with van der Waals surface area (Å²) in [5, 5.41) is 6.82. The molecule has 76 valence electrons. The smallest absolute Gasteiger partial charge is 0.270 e. The van der Waals surface area contributed by atoms with Crippen molar-refractivity contribution in [3.05, 3.63) is 17.5 Å². The number of hydrogen-bond donors (Lipinski definition) is 2. The van der Waals surface area contributed by atoms with Gasteiger partial charge in [0.25, 0.3) is 5.91 Å². The first-order valence-corrected chi connectivity index (χ1v) is 5.47.